The molecular formula is C17H24O3. The van der Waals surface area contributed by atoms with E-state index in [0.29, 0.717) is 19.3 Å². The predicted molar refractivity (Wildman–Crippen MR) is 79.9 cm³/mol. The number of unbranched alkanes of at least 4 members (excludes halogenated alkanes) is 2. The molecule has 0 saturated heterocycles. The van der Waals surface area contributed by atoms with Crippen molar-refractivity contribution in [3.05, 3.63) is 35.4 Å². The van der Waals surface area contributed by atoms with Gasteiger partial charge in [0.2, 0.25) is 0 Å². The van der Waals surface area contributed by atoms with Crippen LogP contribution in [0.25, 0.3) is 0 Å². The van der Waals surface area contributed by atoms with E-state index in [2.05, 4.69) is 11.7 Å². The quantitative estimate of drug-likeness (QED) is 0.390. The van der Waals surface area contributed by atoms with Crippen molar-refractivity contribution in [3.8, 4) is 0 Å². The number of hydrogen-bond acceptors (Lipinski definition) is 3. The lowest BCUT2D eigenvalue weighted by Crippen LogP contribution is -2.03. The lowest BCUT2D eigenvalue weighted by molar-refractivity contribution is -0.140. The van der Waals surface area contributed by atoms with Gasteiger partial charge in [-0.3, -0.25) is 9.59 Å². The number of ether oxygens (including phenoxy) is 1. The topological polar surface area (TPSA) is 43.4 Å². The van der Waals surface area contributed by atoms with Gasteiger partial charge >= 0.3 is 5.97 Å². The van der Waals surface area contributed by atoms with Crippen molar-refractivity contribution >= 4 is 11.8 Å². The summed E-state index contributed by atoms with van der Waals surface area (Å²) in [5.41, 5.74) is 2.01. The molecule has 3 heteroatoms. The van der Waals surface area contributed by atoms with Gasteiger partial charge in [-0.2, -0.15) is 0 Å². The normalized spacial score (nSPS) is 10.3. The minimum atomic E-state index is -0.260. The van der Waals surface area contributed by atoms with Crippen LogP contribution in [0.2, 0.25) is 0 Å². The second kappa shape index (κ2) is 9.29. The Kier molecular flexibility index (Phi) is 7.63. The Balaban J connectivity index is 2.39. The molecule has 110 valence electrons. The molecule has 0 spiro atoms. The summed E-state index contributed by atoms with van der Waals surface area (Å²) in [5, 5.41) is 0. The fraction of sp³-hybridized carbons (Fsp3) is 0.529. The van der Waals surface area contributed by atoms with Gasteiger partial charge in [-0.1, -0.05) is 44.0 Å². The van der Waals surface area contributed by atoms with Crippen molar-refractivity contribution in [2.24, 2.45) is 0 Å². The standard InChI is InChI=1S/C17H24O3/c1-3-4-5-7-14-10-12-15(13-11-14)16(18)8-6-9-17(19)20-2/h10-13H,3-9H2,1-2H3. The van der Waals surface area contributed by atoms with Crippen LogP contribution in [-0.2, 0) is 16.0 Å². The zero-order valence-corrected chi connectivity index (χ0v) is 12.5. The monoisotopic (exact) mass is 276 g/mol. The first-order valence-corrected chi connectivity index (χ1v) is 7.36. The third kappa shape index (κ3) is 6.00. The highest BCUT2D eigenvalue weighted by molar-refractivity contribution is 5.96. The van der Waals surface area contributed by atoms with E-state index in [9.17, 15) is 9.59 Å². The highest BCUT2D eigenvalue weighted by Gasteiger charge is 2.07. The van der Waals surface area contributed by atoms with Gasteiger partial charge in [-0.05, 0) is 24.8 Å². The Morgan fingerprint density at radius 1 is 1.00 bits per heavy atom. The molecule has 1 aromatic rings. The first-order valence-electron chi connectivity index (χ1n) is 7.36. The Hall–Kier alpha value is -1.64. The van der Waals surface area contributed by atoms with Crippen LogP contribution in [0.1, 0.15) is 61.4 Å². The van der Waals surface area contributed by atoms with Crippen LogP contribution >= 0.6 is 0 Å². The molecule has 0 aliphatic rings. The number of Topliss-reactive ketones (excluding diaryl/α,β-unsaturated/α-hetero) is 1. The maximum absolute atomic E-state index is 11.9. The Morgan fingerprint density at radius 2 is 1.70 bits per heavy atom. The third-order valence-electron chi connectivity index (χ3n) is 3.36. The lowest BCUT2D eigenvalue weighted by Gasteiger charge is -2.04. The van der Waals surface area contributed by atoms with Crippen molar-refractivity contribution in [1.82, 2.24) is 0 Å². The molecule has 0 N–H and O–H groups in total. The number of hydrogen-bond donors (Lipinski definition) is 0. The van der Waals surface area contributed by atoms with Crippen LogP contribution in [0.5, 0.6) is 0 Å². The number of methoxy groups -OCH3 is 1. The van der Waals surface area contributed by atoms with Gasteiger partial charge in [0.05, 0.1) is 7.11 Å². The van der Waals surface area contributed by atoms with Crippen LogP contribution in [0.15, 0.2) is 24.3 Å². The molecule has 3 nitrogen and oxygen atoms in total. The van der Waals surface area contributed by atoms with Gasteiger partial charge in [0.25, 0.3) is 0 Å². The number of aryl methyl sites for hydroxylation is 1. The highest BCUT2D eigenvalue weighted by Crippen LogP contribution is 2.12. The third-order valence-corrected chi connectivity index (χ3v) is 3.36. The molecule has 0 atom stereocenters. The average Bonchev–Trinajstić information content (AvgIpc) is 2.48. The van der Waals surface area contributed by atoms with Crippen LogP contribution in [0.3, 0.4) is 0 Å². The molecule has 20 heavy (non-hydrogen) atoms. The fourth-order valence-corrected chi connectivity index (χ4v) is 2.08. The SMILES string of the molecule is CCCCCc1ccc(C(=O)CCCC(=O)OC)cc1. The minimum Gasteiger partial charge on any atom is -0.469 e. The van der Waals surface area contributed by atoms with Gasteiger partial charge < -0.3 is 4.74 Å². The number of rotatable bonds is 9. The number of ketones is 1. The Bertz CT molecular complexity index is 420. The molecule has 1 rings (SSSR count). The molecule has 0 saturated carbocycles. The number of esters is 1. The second-order valence-electron chi connectivity index (χ2n) is 5.01. The molecule has 0 radical (unpaired) electrons. The summed E-state index contributed by atoms with van der Waals surface area (Å²) >= 11 is 0. The number of carbonyl (C=O) groups excluding carboxylic acids is 2. The van der Waals surface area contributed by atoms with Crippen molar-refractivity contribution in [2.75, 3.05) is 7.11 Å². The van der Waals surface area contributed by atoms with E-state index in [4.69, 9.17) is 0 Å². The minimum absolute atomic E-state index is 0.0917. The maximum atomic E-state index is 11.9. The predicted octanol–water partition coefficient (Wildman–Crippen LogP) is 3.95. The first-order chi connectivity index (χ1) is 9.67. The van der Waals surface area contributed by atoms with Crippen molar-refractivity contribution in [1.29, 1.82) is 0 Å². The molecule has 0 aromatic heterocycles. The molecule has 0 bridgehead atoms. The zero-order chi connectivity index (χ0) is 14.8. The molecule has 0 aliphatic carbocycles. The Morgan fingerprint density at radius 3 is 2.30 bits per heavy atom. The van der Waals surface area contributed by atoms with Crippen LogP contribution in [-0.4, -0.2) is 18.9 Å². The van der Waals surface area contributed by atoms with E-state index >= 15 is 0 Å². The fourth-order valence-electron chi connectivity index (χ4n) is 2.08. The summed E-state index contributed by atoms with van der Waals surface area (Å²) < 4.78 is 4.55. The lowest BCUT2D eigenvalue weighted by atomic mass is 10.0. The first kappa shape index (κ1) is 16.4. The van der Waals surface area contributed by atoms with Crippen LogP contribution in [0.4, 0.5) is 0 Å². The average molecular weight is 276 g/mol. The summed E-state index contributed by atoms with van der Waals surface area (Å²) in [7, 11) is 1.36. The van der Waals surface area contributed by atoms with E-state index in [1.807, 2.05) is 24.3 Å². The smallest absolute Gasteiger partial charge is 0.305 e. The largest absolute Gasteiger partial charge is 0.469 e. The van der Waals surface area contributed by atoms with E-state index in [0.717, 1.165) is 12.0 Å². The van der Waals surface area contributed by atoms with Crippen molar-refractivity contribution in [3.63, 3.8) is 0 Å². The molecule has 1 aromatic carbocycles. The van der Waals surface area contributed by atoms with Gasteiger partial charge in [0, 0.05) is 18.4 Å². The van der Waals surface area contributed by atoms with Gasteiger partial charge in [0.15, 0.2) is 5.78 Å². The van der Waals surface area contributed by atoms with Crippen molar-refractivity contribution in [2.45, 2.75) is 51.9 Å². The van der Waals surface area contributed by atoms with Crippen LogP contribution < -0.4 is 0 Å². The summed E-state index contributed by atoms with van der Waals surface area (Å²) in [6.07, 6.45) is 5.98. The van der Waals surface area contributed by atoms with E-state index in [1.165, 1.54) is 31.9 Å². The molecule has 0 aliphatic heterocycles. The van der Waals surface area contributed by atoms with E-state index in [1.54, 1.807) is 0 Å². The molecule has 0 heterocycles. The van der Waals surface area contributed by atoms with Crippen molar-refractivity contribution < 1.29 is 14.3 Å². The second-order valence-corrected chi connectivity index (χ2v) is 5.01. The van der Waals surface area contributed by atoms with E-state index < -0.39 is 0 Å². The van der Waals surface area contributed by atoms with Gasteiger partial charge in [0.1, 0.15) is 0 Å². The van der Waals surface area contributed by atoms with E-state index in [-0.39, 0.29) is 11.8 Å². The van der Waals surface area contributed by atoms with Crippen LogP contribution in [0, 0.1) is 0 Å². The number of carbonyl (C=O) groups is 2. The number of benzene rings is 1. The summed E-state index contributed by atoms with van der Waals surface area (Å²) in [5.74, 6) is -0.168. The molecule has 0 amide bonds. The zero-order valence-electron chi connectivity index (χ0n) is 12.5. The van der Waals surface area contributed by atoms with Gasteiger partial charge in [-0.25, -0.2) is 0 Å². The highest BCUT2D eigenvalue weighted by atomic mass is 16.5. The summed E-state index contributed by atoms with van der Waals surface area (Å²) in [6.45, 7) is 2.19. The molecule has 0 fully saturated rings. The molecule has 0 unspecified atom stereocenters. The Labute approximate surface area is 121 Å². The van der Waals surface area contributed by atoms with Gasteiger partial charge in [-0.15, -0.1) is 0 Å². The molecular weight excluding hydrogens is 252 g/mol. The summed E-state index contributed by atoms with van der Waals surface area (Å²) in [6, 6.07) is 7.84. The maximum Gasteiger partial charge on any atom is 0.305 e. The summed E-state index contributed by atoms with van der Waals surface area (Å²) in [4.78, 5) is 22.9.